The molecule has 0 atom stereocenters. The number of hydrogen-bond acceptors (Lipinski definition) is 8. The first kappa shape index (κ1) is 24.3. The molecule has 2 amide bonds. The molecule has 13 heteroatoms. The molecule has 2 heterocycles. The number of benzene rings is 1. The summed E-state index contributed by atoms with van der Waals surface area (Å²) in [5.74, 6) is -1.17. The van der Waals surface area contributed by atoms with E-state index < -0.39 is 17.6 Å². The Labute approximate surface area is 199 Å². The maximum absolute atomic E-state index is 12.6. The number of aliphatic hydroxyl groups excluding tert-OH is 1. The van der Waals surface area contributed by atoms with Crippen LogP contribution >= 0.6 is 22.7 Å². The highest BCUT2D eigenvalue weighted by Gasteiger charge is 2.36. The van der Waals surface area contributed by atoms with Crippen LogP contribution in [-0.4, -0.2) is 33.0 Å². The van der Waals surface area contributed by atoms with E-state index >= 15 is 0 Å². The molecular weight excluding hydrogens is 493 g/mol. The van der Waals surface area contributed by atoms with Crippen molar-refractivity contribution >= 4 is 39.6 Å². The van der Waals surface area contributed by atoms with E-state index in [1.165, 1.54) is 23.5 Å². The van der Waals surface area contributed by atoms with Crippen molar-refractivity contribution < 1.29 is 32.6 Å². The number of nitrogens with one attached hydrogen (secondary N) is 1. The molecule has 1 aromatic carbocycles. The average molecular weight is 513 g/mol. The molecule has 0 saturated heterocycles. The molecule has 0 aliphatic heterocycles. The highest BCUT2D eigenvalue weighted by Crippen LogP contribution is 2.35. The molecule has 0 radical (unpaired) electrons. The van der Waals surface area contributed by atoms with Crippen molar-refractivity contribution in [3.63, 3.8) is 0 Å². The minimum absolute atomic E-state index is 0.0643. The molecule has 0 spiro atoms. The molecule has 8 nitrogen and oxygen atoms in total. The van der Waals surface area contributed by atoms with Crippen LogP contribution in [0, 0.1) is 5.92 Å². The summed E-state index contributed by atoms with van der Waals surface area (Å²) in [4.78, 5) is 32.7. The molecule has 0 bridgehead atoms. The van der Waals surface area contributed by atoms with E-state index in [-0.39, 0.29) is 41.8 Å². The SMILES string of the molecule is NC(=O)c1nc(CO)c(-c2csc(NC(=O)C3CC(OCc4ccc(C(F)(F)F)cc4)C3)n2)s1. The topological polar surface area (TPSA) is 127 Å². The number of thiazole rings is 2. The summed E-state index contributed by atoms with van der Waals surface area (Å²) < 4.78 is 43.6. The van der Waals surface area contributed by atoms with Crippen molar-refractivity contribution in [3.05, 3.63) is 51.5 Å². The van der Waals surface area contributed by atoms with Gasteiger partial charge in [0, 0.05) is 11.3 Å². The fourth-order valence-electron chi connectivity index (χ4n) is 3.33. The number of ether oxygens (including phenoxy) is 1. The molecule has 0 unspecified atom stereocenters. The second-order valence-corrected chi connectivity index (χ2v) is 9.50. The Kier molecular flexibility index (Phi) is 6.98. The molecule has 4 rings (SSSR count). The molecule has 1 fully saturated rings. The summed E-state index contributed by atoms with van der Waals surface area (Å²) in [6, 6.07) is 4.79. The fraction of sp³-hybridized carbons (Fsp3) is 0.333. The van der Waals surface area contributed by atoms with E-state index in [0.717, 1.165) is 23.5 Å². The third kappa shape index (κ3) is 5.43. The van der Waals surface area contributed by atoms with Crippen LogP contribution in [0.4, 0.5) is 18.3 Å². The van der Waals surface area contributed by atoms with E-state index in [1.54, 1.807) is 5.38 Å². The van der Waals surface area contributed by atoms with E-state index in [2.05, 4.69) is 15.3 Å². The van der Waals surface area contributed by atoms with Gasteiger partial charge in [0.05, 0.1) is 41.1 Å². The number of carbonyl (C=O) groups is 2. The molecule has 1 aliphatic carbocycles. The fourth-order valence-corrected chi connectivity index (χ4v) is 4.99. The lowest BCUT2D eigenvalue weighted by Gasteiger charge is -2.33. The first-order chi connectivity index (χ1) is 16.1. The summed E-state index contributed by atoms with van der Waals surface area (Å²) in [5, 5.41) is 14.3. The van der Waals surface area contributed by atoms with Crippen LogP contribution in [0.1, 0.15) is 39.5 Å². The zero-order chi connectivity index (χ0) is 24.5. The van der Waals surface area contributed by atoms with E-state index in [4.69, 9.17) is 10.5 Å². The highest BCUT2D eigenvalue weighted by molar-refractivity contribution is 7.18. The number of nitrogens with two attached hydrogens (primary N) is 1. The standard InChI is InChI=1S/C21H19F3N4O4S2/c22-21(23,24)12-3-1-10(2-4-12)8-32-13-5-11(6-13)18(31)28-20-27-15(9-33-20)16-14(7-29)26-19(34-16)17(25)30/h1-4,9,11,13,29H,5-8H2,(H2,25,30)(H,27,28,31). The lowest BCUT2D eigenvalue weighted by Crippen LogP contribution is -2.39. The van der Waals surface area contributed by atoms with E-state index in [0.29, 0.717) is 34.1 Å². The Morgan fingerprint density at radius 2 is 1.91 bits per heavy atom. The number of hydrogen-bond donors (Lipinski definition) is 3. The number of aliphatic hydroxyl groups is 1. The monoisotopic (exact) mass is 512 g/mol. The third-order valence-corrected chi connectivity index (χ3v) is 7.15. The molecule has 1 saturated carbocycles. The Morgan fingerprint density at radius 3 is 2.53 bits per heavy atom. The van der Waals surface area contributed by atoms with Crippen molar-refractivity contribution in [3.8, 4) is 10.6 Å². The Morgan fingerprint density at radius 1 is 1.21 bits per heavy atom. The molecule has 34 heavy (non-hydrogen) atoms. The average Bonchev–Trinajstić information content (AvgIpc) is 3.39. The first-order valence-electron chi connectivity index (χ1n) is 10.1. The molecule has 4 N–H and O–H groups in total. The first-order valence-corrected chi connectivity index (χ1v) is 11.8. The zero-order valence-corrected chi connectivity index (χ0v) is 19.1. The number of anilines is 1. The number of nitrogens with zero attached hydrogens (tertiary/aromatic N) is 2. The Balaban J connectivity index is 1.26. The van der Waals surface area contributed by atoms with Gasteiger partial charge in [0.1, 0.15) is 0 Å². The van der Waals surface area contributed by atoms with Crippen molar-refractivity contribution in [2.75, 3.05) is 5.32 Å². The Hall–Kier alpha value is -2.87. The number of primary amides is 1. The second kappa shape index (κ2) is 9.78. The molecule has 3 aromatic rings. The number of amides is 2. The van der Waals surface area contributed by atoms with Crippen LogP contribution in [0.15, 0.2) is 29.6 Å². The predicted molar refractivity (Wildman–Crippen MR) is 119 cm³/mol. The van der Waals surface area contributed by atoms with Crippen LogP contribution in [0.25, 0.3) is 10.6 Å². The van der Waals surface area contributed by atoms with Crippen LogP contribution in [-0.2, 0) is 28.9 Å². The van der Waals surface area contributed by atoms with Crippen LogP contribution in [0.5, 0.6) is 0 Å². The molecule has 1 aliphatic rings. The lowest BCUT2D eigenvalue weighted by molar-refractivity contribution is -0.137. The Bertz CT molecular complexity index is 1190. The van der Waals surface area contributed by atoms with E-state index in [9.17, 15) is 27.9 Å². The number of alkyl halides is 3. The van der Waals surface area contributed by atoms with Gasteiger partial charge in [-0.3, -0.25) is 9.59 Å². The number of halogens is 3. The summed E-state index contributed by atoms with van der Waals surface area (Å²) in [7, 11) is 0. The normalized spacial score (nSPS) is 17.9. The smallest absolute Gasteiger partial charge is 0.390 e. The largest absolute Gasteiger partial charge is 0.416 e. The quantitative estimate of drug-likeness (QED) is 0.421. The zero-order valence-electron chi connectivity index (χ0n) is 17.5. The third-order valence-electron chi connectivity index (χ3n) is 5.26. The van der Waals surface area contributed by atoms with Gasteiger partial charge in [0.25, 0.3) is 5.91 Å². The summed E-state index contributed by atoms with van der Waals surface area (Å²) in [6.45, 7) is -0.212. The second-order valence-electron chi connectivity index (χ2n) is 7.64. The highest BCUT2D eigenvalue weighted by atomic mass is 32.1. The maximum atomic E-state index is 12.6. The van der Waals surface area contributed by atoms with Gasteiger partial charge in [-0.1, -0.05) is 12.1 Å². The van der Waals surface area contributed by atoms with Crippen molar-refractivity contribution in [2.45, 2.75) is 38.3 Å². The van der Waals surface area contributed by atoms with Gasteiger partial charge in [-0.05, 0) is 30.5 Å². The van der Waals surface area contributed by atoms with Crippen molar-refractivity contribution in [1.82, 2.24) is 9.97 Å². The van der Waals surface area contributed by atoms with Gasteiger partial charge in [-0.2, -0.15) is 13.2 Å². The van der Waals surface area contributed by atoms with Crippen LogP contribution in [0.2, 0.25) is 0 Å². The van der Waals surface area contributed by atoms with Gasteiger partial charge in [0.2, 0.25) is 5.91 Å². The maximum Gasteiger partial charge on any atom is 0.416 e. The lowest BCUT2D eigenvalue weighted by atomic mass is 9.81. The molecule has 2 aromatic heterocycles. The minimum Gasteiger partial charge on any atom is -0.390 e. The summed E-state index contributed by atoms with van der Waals surface area (Å²) in [5.41, 5.74) is 5.92. The van der Waals surface area contributed by atoms with Crippen LogP contribution < -0.4 is 11.1 Å². The summed E-state index contributed by atoms with van der Waals surface area (Å²) >= 11 is 2.22. The molecular formula is C21H19F3N4O4S2. The number of carbonyl (C=O) groups excluding carboxylic acids is 2. The summed E-state index contributed by atoms with van der Waals surface area (Å²) in [6.07, 6.45) is -3.53. The molecule has 180 valence electrons. The van der Waals surface area contributed by atoms with Gasteiger partial charge >= 0.3 is 6.18 Å². The van der Waals surface area contributed by atoms with E-state index in [1.807, 2.05) is 0 Å². The van der Waals surface area contributed by atoms with Gasteiger partial charge in [0.15, 0.2) is 10.1 Å². The minimum atomic E-state index is -4.37. The van der Waals surface area contributed by atoms with Gasteiger partial charge < -0.3 is 20.9 Å². The number of rotatable bonds is 8. The van der Waals surface area contributed by atoms with Gasteiger partial charge in [-0.15, -0.1) is 22.7 Å². The van der Waals surface area contributed by atoms with Crippen LogP contribution in [0.3, 0.4) is 0 Å². The van der Waals surface area contributed by atoms with Gasteiger partial charge in [-0.25, -0.2) is 9.97 Å². The predicted octanol–water partition coefficient (Wildman–Crippen LogP) is 3.81. The van der Waals surface area contributed by atoms with Crippen molar-refractivity contribution in [2.24, 2.45) is 11.7 Å². The van der Waals surface area contributed by atoms with Crippen molar-refractivity contribution in [1.29, 1.82) is 0 Å². The number of aromatic nitrogens is 2.